The molecule has 2 atom stereocenters. The van der Waals surface area contributed by atoms with E-state index in [1.807, 2.05) is 0 Å². The number of carboxylic acid groups (broad SMARTS) is 1. The largest absolute Gasteiger partial charge is 0.490 e. The summed E-state index contributed by atoms with van der Waals surface area (Å²) < 4.78 is 34.3. The van der Waals surface area contributed by atoms with Crippen LogP contribution in [0.3, 0.4) is 0 Å². The van der Waals surface area contributed by atoms with Crippen molar-refractivity contribution in [3.05, 3.63) is 11.6 Å². The highest BCUT2D eigenvalue weighted by Gasteiger charge is 2.62. The molecule has 2 heterocycles. The summed E-state index contributed by atoms with van der Waals surface area (Å²) in [6, 6.07) is 0. The Labute approximate surface area is 169 Å². The molecule has 4 bridgehead atoms. The molecule has 0 aromatic carbocycles. The fourth-order valence-electron chi connectivity index (χ4n) is 7.57. The molecule has 0 amide bonds. The molecular formula is C21H30F3N3O2. The van der Waals surface area contributed by atoms with Crippen LogP contribution in [0.4, 0.5) is 13.2 Å². The van der Waals surface area contributed by atoms with Gasteiger partial charge in [-0.3, -0.25) is 0 Å². The van der Waals surface area contributed by atoms with Crippen molar-refractivity contribution in [3.63, 3.8) is 0 Å². The van der Waals surface area contributed by atoms with Crippen molar-refractivity contribution < 1.29 is 23.1 Å². The second kappa shape index (κ2) is 6.71. The number of fused-ring (bicyclic) bond motifs is 1. The van der Waals surface area contributed by atoms with Crippen molar-refractivity contribution in [3.8, 4) is 0 Å². The van der Waals surface area contributed by atoms with E-state index in [0.717, 1.165) is 18.9 Å². The molecule has 162 valence electrons. The van der Waals surface area contributed by atoms with Crippen LogP contribution in [-0.2, 0) is 23.2 Å². The third-order valence-electron chi connectivity index (χ3n) is 7.45. The molecule has 1 aromatic heterocycles. The topological polar surface area (TPSA) is 68.0 Å². The summed E-state index contributed by atoms with van der Waals surface area (Å²) in [5.41, 5.74) is 1.47. The van der Waals surface area contributed by atoms with Crippen LogP contribution in [0.1, 0.15) is 83.3 Å². The highest BCUT2D eigenvalue weighted by molar-refractivity contribution is 5.73. The molecule has 4 aliphatic carbocycles. The van der Waals surface area contributed by atoms with Gasteiger partial charge in [0.25, 0.3) is 0 Å². The first-order valence-corrected chi connectivity index (χ1v) is 10.7. The molecular weight excluding hydrogens is 383 g/mol. The molecule has 4 fully saturated rings. The number of carboxylic acids is 1. The van der Waals surface area contributed by atoms with E-state index in [-0.39, 0.29) is 0 Å². The summed E-state index contributed by atoms with van der Waals surface area (Å²) in [6.07, 6.45) is 8.50. The first-order valence-electron chi connectivity index (χ1n) is 10.7. The van der Waals surface area contributed by atoms with Crippen LogP contribution in [0.15, 0.2) is 0 Å². The zero-order valence-electron chi connectivity index (χ0n) is 17.2. The SMILES string of the molecule is CC12CC3CC(C)(C1)CC(c1nnc4n1CCCCC4)(C3)C2.O=C(O)C(F)(F)F. The van der Waals surface area contributed by atoms with Crippen LogP contribution >= 0.6 is 0 Å². The maximum absolute atomic E-state index is 10.6. The Morgan fingerprint density at radius 3 is 2.21 bits per heavy atom. The molecule has 1 aliphatic heterocycles. The van der Waals surface area contributed by atoms with Crippen LogP contribution in [0.5, 0.6) is 0 Å². The number of aryl methyl sites for hydroxylation is 1. The van der Waals surface area contributed by atoms with E-state index in [4.69, 9.17) is 15.0 Å². The fourth-order valence-corrected chi connectivity index (χ4v) is 7.57. The van der Waals surface area contributed by atoms with Gasteiger partial charge in [0.15, 0.2) is 0 Å². The van der Waals surface area contributed by atoms with Crippen LogP contribution in [0.2, 0.25) is 0 Å². The van der Waals surface area contributed by atoms with Gasteiger partial charge in [0.2, 0.25) is 0 Å². The smallest absolute Gasteiger partial charge is 0.475 e. The van der Waals surface area contributed by atoms with Gasteiger partial charge in [-0.25, -0.2) is 4.79 Å². The average molecular weight is 413 g/mol. The number of aliphatic carboxylic acids is 1. The summed E-state index contributed by atoms with van der Waals surface area (Å²) >= 11 is 0. The fraction of sp³-hybridized carbons (Fsp3) is 0.857. The van der Waals surface area contributed by atoms with Gasteiger partial charge in [-0.15, -0.1) is 10.2 Å². The summed E-state index contributed by atoms with van der Waals surface area (Å²) in [4.78, 5) is 8.90. The molecule has 2 unspecified atom stereocenters. The second-order valence-corrected chi connectivity index (χ2v) is 10.6. The lowest BCUT2D eigenvalue weighted by Crippen LogP contribution is -2.57. The minimum atomic E-state index is -5.08. The van der Waals surface area contributed by atoms with E-state index < -0.39 is 12.1 Å². The number of rotatable bonds is 1. The van der Waals surface area contributed by atoms with Crippen molar-refractivity contribution in [2.75, 3.05) is 0 Å². The molecule has 0 radical (unpaired) electrons. The van der Waals surface area contributed by atoms with Gasteiger partial charge in [0.1, 0.15) is 11.6 Å². The Bertz CT molecular complexity index is 786. The second-order valence-electron chi connectivity index (χ2n) is 10.6. The zero-order valence-corrected chi connectivity index (χ0v) is 17.2. The number of halogens is 3. The number of nitrogens with zero attached hydrogens (tertiary/aromatic N) is 3. The van der Waals surface area contributed by atoms with E-state index in [1.54, 1.807) is 0 Å². The third-order valence-corrected chi connectivity index (χ3v) is 7.45. The van der Waals surface area contributed by atoms with Crippen molar-refractivity contribution in [2.24, 2.45) is 16.7 Å². The summed E-state index contributed by atoms with van der Waals surface area (Å²) in [5.74, 6) is 0.835. The lowest BCUT2D eigenvalue weighted by Gasteiger charge is -2.65. The Morgan fingerprint density at radius 1 is 1.03 bits per heavy atom. The molecule has 29 heavy (non-hydrogen) atoms. The molecule has 4 saturated carbocycles. The number of carbonyl (C=O) groups is 1. The molecule has 0 spiro atoms. The summed E-state index contributed by atoms with van der Waals surface area (Å²) in [7, 11) is 0. The van der Waals surface area contributed by atoms with Gasteiger partial charge in [-0.1, -0.05) is 20.3 Å². The van der Waals surface area contributed by atoms with E-state index in [9.17, 15) is 13.2 Å². The molecule has 0 saturated heterocycles. The molecule has 5 aliphatic rings. The maximum Gasteiger partial charge on any atom is 0.490 e. The average Bonchev–Trinajstić information content (AvgIpc) is 2.82. The lowest BCUT2D eigenvalue weighted by atomic mass is 9.40. The minimum absolute atomic E-state index is 0.346. The van der Waals surface area contributed by atoms with Crippen LogP contribution in [-0.4, -0.2) is 32.0 Å². The van der Waals surface area contributed by atoms with Gasteiger partial charge in [-0.05, 0) is 68.1 Å². The normalized spacial score (nSPS) is 38.0. The molecule has 8 heteroatoms. The Morgan fingerprint density at radius 2 is 1.66 bits per heavy atom. The Kier molecular flexibility index (Phi) is 4.78. The van der Waals surface area contributed by atoms with Gasteiger partial charge < -0.3 is 9.67 Å². The van der Waals surface area contributed by atoms with E-state index >= 15 is 0 Å². The first kappa shape index (κ1) is 20.7. The van der Waals surface area contributed by atoms with Crippen molar-refractivity contribution >= 4 is 5.97 Å². The van der Waals surface area contributed by atoms with Crippen LogP contribution in [0, 0.1) is 16.7 Å². The maximum atomic E-state index is 10.6. The number of alkyl halides is 3. The number of hydrogen-bond donors (Lipinski definition) is 1. The van der Waals surface area contributed by atoms with Crippen molar-refractivity contribution in [1.82, 2.24) is 14.8 Å². The predicted molar refractivity (Wildman–Crippen MR) is 100 cm³/mol. The van der Waals surface area contributed by atoms with E-state index in [2.05, 4.69) is 23.5 Å². The van der Waals surface area contributed by atoms with Gasteiger partial charge in [0.05, 0.1) is 0 Å². The van der Waals surface area contributed by atoms with Gasteiger partial charge >= 0.3 is 12.1 Å². The lowest BCUT2D eigenvalue weighted by molar-refractivity contribution is -0.192. The van der Waals surface area contributed by atoms with Gasteiger partial charge in [-0.2, -0.15) is 13.2 Å². The van der Waals surface area contributed by atoms with E-state index in [1.165, 1.54) is 69.4 Å². The van der Waals surface area contributed by atoms with Gasteiger partial charge in [0, 0.05) is 18.4 Å². The van der Waals surface area contributed by atoms with E-state index in [0.29, 0.717) is 16.2 Å². The molecule has 1 aromatic rings. The molecule has 6 rings (SSSR count). The minimum Gasteiger partial charge on any atom is -0.475 e. The third kappa shape index (κ3) is 3.79. The summed E-state index contributed by atoms with van der Waals surface area (Å²) in [6.45, 7) is 6.28. The number of aromatic nitrogens is 3. The number of hydrogen-bond acceptors (Lipinski definition) is 3. The Hall–Kier alpha value is -1.60. The Balaban J connectivity index is 0.000000255. The standard InChI is InChI=1S/C19H29N3.C2HF3O2/c1-17-8-14-9-18(2,11-17)13-19(10-14,12-17)16-21-20-15-6-4-3-5-7-22(15)16;3-2(4,5)1(6)7/h14H,3-13H2,1-2H3;(H,6,7). The van der Waals surface area contributed by atoms with Crippen LogP contribution in [0.25, 0.3) is 0 Å². The van der Waals surface area contributed by atoms with Crippen LogP contribution < -0.4 is 0 Å². The monoisotopic (exact) mass is 413 g/mol. The zero-order chi connectivity index (χ0) is 21.1. The highest BCUT2D eigenvalue weighted by atomic mass is 19.4. The first-order chi connectivity index (χ1) is 13.4. The highest BCUT2D eigenvalue weighted by Crippen LogP contribution is 2.69. The molecule has 1 N–H and O–H groups in total. The molecule has 5 nitrogen and oxygen atoms in total. The van der Waals surface area contributed by atoms with Crippen molar-refractivity contribution in [2.45, 2.75) is 96.2 Å². The van der Waals surface area contributed by atoms with Crippen molar-refractivity contribution in [1.29, 1.82) is 0 Å². The summed E-state index contributed by atoms with van der Waals surface area (Å²) in [5, 5.41) is 16.6. The predicted octanol–water partition coefficient (Wildman–Crippen LogP) is 4.89. The quantitative estimate of drug-likeness (QED) is 0.712.